The number of hydrogen-bond donors (Lipinski definition) is 1. The van der Waals surface area contributed by atoms with Crippen LogP contribution in [-0.2, 0) is 9.59 Å². The van der Waals surface area contributed by atoms with Crippen molar-refractivity contribution in [1.29, 1.82) is 0 Å². The van der Waals surface area contributed by atoms with Crippen molar-refractivity contribution in [3.8, 4) is 5.75 Å². The van der Waals surface area contributed by atoms with Gasteiger partial charge in [-0.2, -0.15) is 0 Å². The van der Waals surface area contributed by atoms with Crippen LogP contribution in [0.3, 0.4) is 0 Å². The van der Waals surface area contributed by atoms with Crippen molar-refractivity contribution in [1.82, 2.24) is 5.32 Å². The molecule has 0 radical (unpaired) electrons. The molecule has 0 aromatic heterocycles. The minimum absolute atomic E-state index is 0.00278. The molecule has 20 heavy (non-hydrogen) atoms. The first-order valence-corrected chi connectivity index (χ1v) is 7.14. The summed E-state index contributed by atoms with van der Waals surface area (Å²) < 4.78 is 5.55. The van der Waals surface area contributed by atoms with Crippen molar-refractivity contribution < 1.29 is 14.3 Å². The van der Waals surface area contributed by atoms with Crippen LogP contribution in [0.2, 0.25) is 0 Å². The highest BCUT2D eigenvalue weighted by molar-refractivity contribution is 5.80. The molecule has 1 aromatic rings. The highest BCUT2D eigenvalue weighted by atomic mass is 16.5. The van der Waals surface area contributed by atoms with Crippen LogP contribution in [0.15, 0.2) is 24.3 Å². The lowest BCUT2D eigenvalue weighted by Gasteiger charge is -2.22. The van der Waals surface area contributed by atoms with Crippen LogP contribution in [0.1, 0.15) is 37.7 Å². The largest absolute Gasteiger partial charge is 0.493 e. The third-order valence-corrected chi connectivity index (χ3v) is 3.50. The maximum absolute atomic E-state index is 11.8. The first-order valence-electron chi connectivity index (χ1n) is 7.14. The molecule has 0 unspecified atom stereocenters. The average molecular weight is 275 g/mol. The van der Waals surface area contributed by atoms with Gasteiger partial charge in [-0.15, -0.1) is 0 Å². The maximum atomic E-state index is 11.8. The van der Waals surface area contributed by atoms with E-state index in [1.807, 2.05) is 31.2 Å². The summed E-state index contributed by atoms with van der Waals surface area (Å²) in [4.78, 5) is 22.9. The van der Waals surface area contributed by atoms with E-state index < -0.39 is 0 Å². The number of amides is 1. The zero-order valence-corrected chi connectivity index (χ0v) is 11.9. The number of benzene rings is 1. The van der Waals surface area contributed by atoms with Crippen LogP contribution in [0.5, 0.6) is 5.75 Å². The number of ketones is 1. The van der Waals surface area contributed by atoms with Crippen LogP contribution >= 0.6 is 0 Å². The lowest BCUT2D eigenvalue weighted by Crippen LogP contribution is -2.38. The molecular weight excluding hydrogens is 254 g/mol. The number of Topliss-reactive ketones (excluding diaryl/α,β-unsaturated/α-hetero) is 1. The van der Waals surface area contributed by atoms with E-state index in [2.05, 4.69) is 5.32 Å². The Morgan fingerprint density at radius 1 is 1.35 bits per heavy atom. The van der Waals surface area contributed by atoms with E-state index in [4.69, 9.17) is 4.74 Å². The van der Waals surface area contributed by atoms with E-state index in [0.717, 1.165) is 24.2 Å². The SMILES string of the molecule is Cc1cccc(OCCC(=O)NC2CCC(=O)CC2)c1. The van der Waals surface area contributed by atoms with E-state index in [1.54, 1.807) is 0 Å². The van der Waals surface area contributed by atoms with E-state index in [-0.39, 0.29) is 11.9 Å². The van der Waals surface area contributed by atoms with Crippen LogP contribution in [0, 0.1) is 6.92 Å². The fourth-order valence-electron chi connectivity index (χ4n) is 2.35. The molecule has 4 nitrogen and oxygen atoms in total. The van der Waals surface area contributed by atoms with E-state index in [9.17, 15) is 9.59 Å². The molecule has 1 N–H and O–H groups in total. The number of hydrogen-bond acceptors (Lipinski definition) is 3. The van der Waals surface area contributed by atoms with E-state index >= 15 is 0 Å². The molecule has 1 fully saturated rings. The van der Waals surface area contributed by atoms with Crippen molar-refractivity contribution in [2.75, 3.05) is 6.61 Å². The molecule has 0 spiro atoms. The minimum Gasteiger partial charge on any atom is -0.493 e. The number of carbonyl (C=O) groups excluding carboxylic acids is 2. The molecule has 1 saturated carbocycles. The van der Waals surface area contributed by atoms with Crippen LogP contribution in [-0.4, -0.2) is 24.3 Å². The molecular formula is C16H21NO3. The second kappa shape index (κ2) is 7.08. The van der Waals surface area contributed by atoms with Crippen molar-refractivity contribution in [2.45, 2.75) is 45.1 Å². The van der Waals surface area contributed by atoms with Gasteiger partial charge in [0, 0.05) is 18.9 Å². The van der Waals surface area contributed by atoms with E-state index in [1.165, 1.54) is 0 Å². The van der Waals surface area contributed by atoms with Gasteiger partial charge in [0.05, 0.1) is 13.0 Å². The van der Waals surface area contributed by atoms with Gasteiger partial charge in [0.25, 0.3) is 0 Å². The third-order valence-electron chi connectivity index (χ3n) is 3.50. The molecule has 0 heterocycles. The zero-order chi connectivity index (χ0) is 14.4. The van der Waals surface area contributed by atoms with Gasteiger partial charge in [0.2, 0.25) is 5.91 Å². The molecule has 0 saturated heterocycles. The molecule has 1 aliphatic rings. The molecule has 0 aliphatic heterocycles. The Labute approximate surface area is 119 Å². The van der Waals surface area contributed by atoms with Crippen LogP contribution in [0.4, 0.5) is 0 Å². The zero-order valence-electron chi connectivity index (χ0n) is 11.9. The molecule has 2 rings (SSSR count). The van der Waals surface area contributed by atoms with Crippen LogP contribution in [0.25, 0.3) is 0 Å². The predicted molar refractivity (Wildman–Crippen MR) is 76.7 cm³/mol. The summed E-state index contributed by atoms with van der Waals surface area (Å²) in [6, 6.07) is 7.93. The Morgan fingerprint density at radius 2 is 2.10 bits per heavy atom. The summed E-state index contributed by atoms with van der Waals surface area (Å²) in [5.41, 5.74) is 1.14. The maximum Gasteiger partial charge on any atom is 0.223 e. The van der Waals surface area contributed by atoms with Crippen molar-refractivity contribution in [2.24, 2.45) is 0 Å². The van der Waals surface area contributed by atoms with Gasteiger partial charge in [-0.3, -0.25) is 9.59 Å². The number of rotatable bonds is 5. The molecule has 0 bridgehead atoms. The smallest absolute Gasteiger partial charge is 0.223 e. The highest BCUT2D eigenvalue weighted by Crippen LogP contribution is 2.15. The Hall–Kier alpha value is -1.84. The second-order valence-corrected chi connectivity index (χ2v) is 5.30. The van der Waals surface area contributed by atoms with Crippen molar-refractivity contribution in [3.05, 3.63) is 29.8 Å². The molecule has 4 heteroatoms. The van der Waals surface area contributed by atoms with Gasteiger partial charge in [0.1, 0.15) is 11.5 Å². The average Bonchev–Trinajstić information content (AvgIpc) is 2.41. The van der Waals surface area contributed by atoms with Gasteiger partial charge < -0.3 is 10.1 Å². The number of aryl methyl sites for hydroxylation is 1. The number of nitrogens with one attached hydrogen (secondary N) is 1. The summed E-state index contributed by atoms with van der Waals surface area (Å²) in [5.74, 6) is 1.09. The van der Waals surface area contributed by atoms with Crippen LogP contribution < -0.4 is 10.1 Å². The fourth-order valence-corrected chi connectivity index (χ4v) is 2.35. The normalized spacial score (nSPS) is 15.9. The van der Waals surface area contributed by atoms with Crippen molar-refractivity contribution in [3.63, 3.8) is 0 Å². The van der Waals surface area contributed by atoms with Gasteiger partial charge in [0.15, 0.2) is 0 Å². The van der Waals surface area contributed by atoms with Gasteiger partial charge in [-0.05, 0) is 37.5 Å². The summed E-state index contributed by atoms with van der Waals surface area (Å²) >= 11 is 0. The molecule has 1 amide bonds. The van der Waals surface area contributed by atoms with Gasteiger partial charge in [-0.25, -0.2) is 0 Å². The molecule has 1 aliphatic carbocycles. The lowest BCUT2D eigenvalue weighted by molar-refractivity contribution is -0.125. The molecule has 1 aromatic carbocycles. The molecule has 108 valence electrons. The quantitative estimate of drug-likeness (QED) is 0.897. The Bertz CT molecular complexity index is 474. The summed E-state index contributed by atoms with van der Waals surface area (Å²) in [6.45, 7) is 2.38. The third kappa shape index (κ3) is 4.68. The summed E-state index contributed by atoms with van der Waals surface area (Å²) in [6.07, 6.45) is 3.06. The number of carbonyl (C=O) groups is 2. The van der Waals surface area contributed by atoms with Gasteiger partial charge in [-0.1, -0.05) is 12.1 Å². The van der Waals surface area contributed by atoms with E-state index in [0.29, 0.717) is 31.7 Å². The second-order valence-electron chi connectivity index (χ2n) is 5.30. The Morgan fingerprint density at radius 3 is 2.80 bits per heavy atom. The fraction of sp³-hybridized carbons (Fsp3) is 0.500. The lowest BCUT2D eigenvalue weighted by atomic mass is 9.94. The van der Waals surface area contributed by atoms with Gasteiger partial charge >= 0.3 is 0 Å². The molecule has 0 atom stereocenters. The first kappa shape index (κ1) is 14.6. The monoisotopic (exact) mass is 275 g/mol. The van der Waals surface area contributed by atoms with Crippen molar-refractivity contribution >= 4 is 11.7 Å². The topological polar surface area (TPSA) is 55.4 Å². The predicted octanol–water partition coefficient (Wildman–Crippen LogP) is 2.39. The summed E-state index contributed by atoms with van der Waals surface area (Å²) in [5, 5.41) is 2.97. The Kier molecular flexibility index (Phi) is 5.16. The Balaban J connectivity index is 1.66. The summed E-state index contributed by atoms with van der Waals surface area (Å²) in [7, 11) is 0. The number of ether oxygens (including phenoxy) is 1. The highest BCUT2D eigenvalue weighted by Gasteiger charge is 2.19. The minimum atomic E-state index is -0.00278. The first-order chi connectivity index (χ1) is 9.63. The standard InChI is InChI=1S/C16H21NO3/c1-12-3-2-4-15(11-12)20-10-9-16(19)17-13-5-7-14(18)8-6-13/h2-4,11,13H,5-10H2,1H3,(H,17,19).